The summed E-state index contributed by atoms with van der Waals surface area (Å²) in [5.74, 6) is 0.344. The van der Waals surface area contributed by atoms with E-state index >= 15 is 0 Å². The van der Waals surface area contributed by atoms with Crippen LogP contribution in [-0.2, 0) is 6.42 Å². The van der Waals surface area contributed by atoms with Gasteiger partial charge in [0.2, 0.25) is 0 Å². The lowest BCUT2D eigenvalue weighted by molar-refractivity contribution is 0.102. The summed E-state index contributed by atoms with van der Waals surface area (Å²) in [5, 5.41) is 3.67. The number of ether oxygens (including phenoxy) is 1. The SMILES string of the molecule is O=C(Nc1cc(Cl)c(Cl)cc1Cl)c1ccc(OCCc2ccccc2)c(Br)c1. The number of benzene rings is 3. The third-order valence-electron chi connectivity index (χ3n) is 3.94. The van der Waals surface area contributed by atoms with Crippen molar-refractivity contribution in [2.75, 3.05) is 11.9 Å². The predicted molar refractivity (Wildman–Crippen MR) is 119 cm³/mol. The van der Waals surface area contributed by atoms with Crippen LogP contribution >= 0.6 is 50.7 Å². The van der Waals surface area contributed by atoms with Crippen molar-refractivity contribution in [2.24, 2.45) is 0 Å². The molecular formula is C21H15BrCl3NO2. The molecule has 0 heterocycles. The summed E-state index contributed by atoms with van der Waals surface area (Å²) in [5.41, 5.74) is 2.04. The maximum absolute atomic E-state index is 12.5. The van der Waals surface area contributed by atoms with Crippen LogP contribution < -0.4 is 10.1 Å². The first-order valence-electron chi connectivity index (χ1n) is 8.36. The number of hydrogen-bond acceptors (Lipinski definition) is 2. The number of rotatable bonds is 6. The maximum atomic E-state index is 12.5. The molecule has 0 unspecified atom stereocenters. The minimum absolute atomic E-state index is 0.308. The van der Waals surface area contributed by atoms with Crippen LogP contribution in [0.2, 0.25) is 15.1 Å². The second-order valence-corrected chi connectivity index (χ2v) is 8.01. The standard InChI is InChI=1S/C21H15BrCl3NO2/c22-15-10-14(21(27)26-19-12-17(24)16(23)11-18(19)25)6-7-20(15)28-9-8-13-4-2-1-3-5-13/h1-7,10-12H,8-9H2,(H,26,27). The monoisotopic (exact) mass is 497 g/mol. The largest absolute Gasteiger partial charge is 0.492 e. The number of amides is 1. The Hall–Kier alpha value is -1.72. The highest BCUT2D eigenvalue weighted by Crippen LogP contribution is 2.33. The molecule has 144 valence electrons. The van der Waals surface area contributed by atoms with E-state index in [9.17, 15) is 4.79 Å². The second kappa shape index (κ2) is 9.66. The van der Waals surface area contributed by atoms with Gasteiger partial charge in [0.25, 0.3) is 5.91 Å². The molecule has 1 amide bonds. The fourth-order valence-corrected chi connectivity index (χ4v) is 3.58. The highest BCUT2D eigenvalue weighted by molar-refractivity contribution is 9.10. The Kier molecular flexibility index (Phi) is 7.24. The molecule has 28 heavy (non-hydrogen) atoms. The van der Waals surface area contributed by atoms with Crippen molar-refractivity contribution in [1.82, 2.24) is 0 Å². The fraction of sp³-hybridized carbons (Fsp3) is 0.0952. The van der Waals surface area contributed by atoms with Crippen LogP contribution in [0.5, 0.6) is 5.75 Å². The summed E-state index contributed by atoms with van der Waals surface area (Å²) in [7, 11) is 0. The Balaban J connectivity index is 1.64. The highest BCUT2D eigenvalue weighted by Gasteiger charge is 2.13. The molecule has 0 saturated carbocycles. The minimum atomic E-state index is -0.322. The molecule has 0 atom stereocenters. The van der Waals surface area contributed by atoms with Gasteiger partial charge in [-0.25, -0.2) is 0 Å². The summed E-state index contributed by atoms with van der Waals surface area (Å²) >= 11 is 21.5. The number of carbonyl (C=O) groups excluding carboxylic acids is 1. The molecule has 7 heteroatoms. The van der Waals surface area contributed by atoms with Gasteiger partial charge in [0, 0.05) is 12.0 Å². The molecule has 0 aliphatic heterocycles. The van der Waals surface area contributed by atoms with E-state index in [1.54, 1.807) is 18.2 Å². The highest BCUT2D eigenvalue weighted by atomic mass is 79.9. The molecule has 3 nitrogen and oxygen atoms in total. The van der Waals surface area contributed by atoms with Gasteiger partial charge in [0.05, 0.1) is 31.8 Å². The molecule has 3 rings (SSSR count). The zero-order valence-corrected chi connectivity index (χ0v) is 18.4. The minimum Gasteiger partial charge on any atom is -0.492 e. The topological polar surface area (TPSA) is 38.3 Å². The molecule has 0 fully saturated rings. The van der Waals surface area contributed by atoms with E-state index in [2.05, 4.69) is 33.4 Å². The van der Waals surface area contributed by atoms with E-state index in [0.29, 0.717) is 43.1 Å². The van der Waals surface area contributed by atoms with Crippen molar-refractivity contribution in [1.29, 1.82) is 0 Å². The Labute approximate surface area is 186 Å². The van der Waals surface area contributed by atoms with Crippen LogP contribution in [0.1, 0.15) is 15.9 Å². The summed E-state index contributed by atoms with van der Waals surface area (Å²) in [6, 6.07) is 18.2. The van der Waals surface area contributed by atoms with Crippen molar-refractivity contribution >= 4 is 62.3 Å². The quantitative estimate of drug-likeness (QED) is 0.362. The van der Waals surface area contributed by atoms with Crippen molar-refractivity contribution in [3.63, 3.8) is 0 Å². The molecule has 3 aromatic rings. The lowest BCUT2D eigenvalue weighted by Crippen LogP contribution is -2.12. The molecule has 0 aliphatic rings. The third-order valence-corrected chi connectivity index (χ3v) is 5.60. The average Bonchev–Trinajstić information content (AvgIpc) is 2.68. The molecule has 1 N–H and O–H groups in total. The van der Waals surface area contributed by atoms with Gasteiger partial charge in [-0.15, -0.1) is 0 Å². The number of hydrogen-bond donors (Lipinski definition) is 1. The van der Waals surface area contributed by atoms with E-state index in [0.717, 1.165) is 6.42 Å². The van der Waals surface area contributed by atoms with Gasteiger partial charge in [-0.3, -0.25) is 4.79 Å². The van der Waals surface area contributed by atoms with Crippen LogP contribution in [0.4, 0.5) is 5.69 Å². The number of anilines is 1. The summed E-state index contributed by atoms with van der Waals surface area (Å²) in [6.07, 6.45) is 0.797. The van der Waals surface area contributed by atoms with E-state index in [1.807, 2.05) is 18.2 Å². The van der Waals surface area contributed by atoms with Gasteiger partial charge in [-0.05, 0) is 51.8 Å². The van der Waals surface area contributed by atoms with E-state index in [-0.39, 0.29) is 5.91 Å². The number of nitrogens with one attached hydrogen (secondary N) is 1. The van der Waals surface area contributed by atoms with Crippen molar-refractivity contribution in [3.05, 3.63) is 91.3 Å². The Morgan fingerprint density at radius 1 is 0.929 bits per heavy atom. The van der Waals surface area contributed by atoms with E-state index < -0.39 is 0 Å². The molecule has 0 aromatic heterocycles. The first kappa shape index (κ1) is 21.0. The van der Waals surface area contributed by atoms with Crippen LogP contribution in [0.3, 0.4) is 0 Å². The zero-order valence-electron chi connectivity index (χ0n) is 14.5. The van der Waals surface area contributed by atoms with Crippen LogP contribution in [0.25, 0.3) is 0 Å². The molecule has 0 radical (unpaired) electrons. The average molecular weight is 500 g/mol. The molecule has 3 aromatic carbocycles. The lowest BCUT2D eigenvalue weighted by atomic mass is 10.1. The lowest BCUT2D eigenvalue weighted by Gasteiger charge is -2.11. The third kappa shape index (κ3) is 5.42. The summed E-state index contributed by atoms with van der Waals surface area (Å²) < 4.78 is 6.50. The van der Waals surface area contributed by atoms with Gasteiger partial charge in [-0.2, -0.15) is 0 Å². The fourth-order valence-electron chi connectivity index (χ4n) is 2.50. The van der Waals surface area contributed by atoms with Crippen molar-refractivity contribution in [2.45, 2.75) is 6.42 Å². The Bertz CT molecular complexity index is 996. The summed E-state index contributed by atoms with van der Waals surface area (Å²) in [6.45, 7) is 0.535. The first-order valence-corrected chi connectivity index (χ1v) is 10.3. The molecular weight excluding hydrogens is 484 g/mol. The molecule has 0 saturated heterocycles. The smallest absolute Gasteiger partial charge is 0.255 e. The van der Waals surface area contributed by atoms with Crippen LogP contribution in [0.15, 0.2) is 65.1 Å². The Morgan fingerprint density at radius 3 is 2.36 bits per heavy atom. The Morgan fingerprint density at radius 2 is 1.64 bits per heavy atom. The van der Waals surface area contributed by atoms with Gasteiger partial charge in [-0.1, -0.05) is 65.1 Å². The van der Waals surface area contributed by atoms with E-state index in [4.69, 9.17) is 39.5 Å². The van der Waals surface area contributed by atoms with Gasteiger partial charge in [0.15, 0.2) is 0 Å². The van der Waals surface area contributed by atoms with Crippen LogP contribution in [-0.4, -0.2) is 12.5 Å². The first-order chi connectivity index (χ1) is 13.4. The maximum Gasteiger partial charge on any atom is 0.255 e. The second-order valence-electron chi connectivity index (χ2n) is 5.93. The number of halogens is 4. The van der Waals surface area contributed by atoms with Gasteiger partial charge in [0.1, 0.15) is 5.75 Å². The normalized spacial score (nSPS) is 10.6. The molecule has 0 spiro atoms. The van der Waals surface area contributed by atoms with Gasteiger partial charge < -0.3 is 10.1 Å². The van der Waals surface area contributed by atoms with Gasteiger partial charge >= 0.3 is 0 Å². The number of carbonyl (C=O) groups is 1. The predicted octanol–water partition coefficient (Wildman–Crippen LogP) is 7.28. The molecule has 0 bridgehead atoms. The van der Waals surface area contributed by atoms with Crippen molar-refractivity contribution < 1.29 is 9.53 Å². The van der Waals surface area contributed by atoms with Crippen molar-refractivity contribution in [3.8, 4) is 5.75 Å². The molecule has 0 aliphatic carbocycles. The van der Waals surface area contributed by atoms with Crippen LogP contribution in [0, 0.1) is 0 Å². The van der Waals surface area contributed by atoms with E-state index in [1.165, 1.54) is 17.7 Å². The summed E-state index contributed by atoms with van der Waals surface area (Å²) in [4.78, 5) is 12.5. The zero-order chi connectivity index (χ0) is 20.1.